The molecule has 92 valence electrons. The van der Waals surface area contributed by atoms with Crippen LogP contribution in [0.2, 0.25) is 0 Å². The van der Waals surface area contributed by atoms with Crippen molar-refractivity contribution in [2.75, 3.05) is 12.3 Å². The molecule has 1 aliphatic heterocycles. The van der Waals surface area contributed by atoms with E-state index >= 15 is 0 Å². The summed E-state index contributed by atoms with van der Waals surface area (Å²) < 4.78 is 0. The average molecular weight is 267 g/mol. The molecular weight excluding hydrogens is 250 g/mol. The maximum Gasteiger partial charge on any atom is 0.177 e. The van der Waals surface area contributed by atoms with Gasteiger partial charge in [-0.3, -0.25) is 10.4 Å². The van der Waals surface area contributed by atoms with Crippen LogP contribution in [0.3, 0.4) is 0 Å². The van der Waals surface area contributed by atoms with Gasteiger partial charge in [0.15, 0.2) is 5.17 Å². The molecule has 0 radical (unpaired) electrons. The monoisotopic (exact) mass is 267 g/mol. The molecule has 1 aromatic heterocycles. The van der Waals surface area contributed by atoms with Gasteiger partial charge in [-0.1, -0.05) is 25.1 Å². The lowest BCUT2D eigenvalue weighted by atomic mass is 10.3. The van der Waals surface area contributed by atoms with E-state index in [0.717, 1.165) is 29.6 Å². The zero-order chi connectivity index (χ0) is 12.1. The minimum absolute atomic E-state index is 0.898. The SMILES string of the molecule is CCCCN=C1NN=C(c2ccc(C)s2)CS1. The van der Waals surface area contributed by atoms with Crippen molar-refractivity contribution < 1.29 is 0 Å². The first-order chi connectivity index (χ1) is 8.29. The second-order valence-electron chi connectivity index (χ2n) is 3.91. The minimum atomic E-state index is 0.898. The van der Waals surface area contributed by atoms with Crippen molar-refractivity contribution in [2.24, 2.45) is 10.1 Å². The smallest absolute Gasteiger partial charge is 0.177 e. The number of aliphatic imine (C=N–C) groups is 1. The Balaban J connectivity index is 1.95. The highest BCUT2D eigenvalue weighted by atomic mass is 32.2. The molecule has 0 spiro atoms. The van der Waals surface area contributed by atoms with Crippen LogP contribution in [0.15, 0.2) is 22.2 Å². The summed E-state index contributed by atoms with van der Waals surface area (Å²) in [7, 11) is 0. The molecule has 1 aromatic rings. The largest absolute Gasteiger partial charge is 0.261 e. The van der Waals surface area contributed by atoms with Crippen LogP contribution in [0.5, 0.6) is 0 Å². The van der Waals surface area contributed by atoms with Crippen molar-refractivity contribution in [3.8, 4) is 0 Å². The number of nitrogens with zero attached hydrogens (tertiary/aromatic N) is 2. The van der Waals surface area contributed by atoms with Gasteiger partial charge in [-0.2, -0.15) is 5.10 Å². The summed E-state index contributed by atoms with van der Waals surface area (Å²) >= 11 is 3.53. The molecule has 0 unspecified atom stereocenters. The van der Waals surface area contributed by atoms with Crippen molar-refractivity contribution in [1.29, 1.82) is 0 Å². The fourth-order valence-electron chi connectivity index (χ4n) is 1.45. The third-order valence-electron chi connectivity index (χ3n) is 2.42. The van der Waals surface area contributed by atoms with Crippen LogP contribution < -0.4 is 5.43 Å². The first-order valence-electron chi connectivity index (χ1n) is 5.86. The van der Waals surface area contributed by atoms with Gasteiger partial charge < -0.3 is 0 Å². The van der Waals surface area contributed by atoms with E-state index in [1.165, 1.54) is 16.2 Å². The molecule has 1 N–H and O–H groups in total. The Kier molecular flexibility index (Phi) is 4.62. The lowest BCUT2D eigenvalue weighted by Gasteiger charge is -2.13. The molecule has 1 aliphatic rings. The molecule has 0 saturated heterocycles. The average Bonchev–Trinajstić information content (AvgIpc) is 2.77. The molecule has 2 heterocycles. The van der Waals surface area contributed by atoms with Crippen LogP contribution in [-0.4, -0.2) is 23.2 Å². The second-order valence-corrected chi connectivity index (χ2v) is 6.16. The van der Waals surface area contributed by atoms with Gasteiger partial charge in [0.05, 0.1) is 10.6 Å². The quantitative estimate of drug-likeness (QED) is 0.850. The van der Waals surface area contributed by atoms with E-state index in [1.54, 1.807) is 23.1 Å². The molecule has 0 bridgehead atoms. The molecule has 0 atom stereocenters. The van der Waals surface area contributed by atoms with Gasteiger partial charge in [0.1, 0.15) is 0 Å². The van der Waals surface area contributed by atoms with Gasteiger partial charge in [-0.25, -0.2) is 0 Å². The summed E-state index contributed by atoms with van der Waals surface area (Å²) in [5.74, 6) is 0.915. The van der Waals surface area contributed by atoms with Crippen LogP contribution in [-0.2, 0) is 0 Å². The van der Waals surface area contributed by atoms with Gasteiger partial charge in [0, 0.05) is 17.2 Å². The minimum Gasteiger partial charge on any atom is -0.261 e. The van der Waals surface area contributed by atoms with Crippen molar-refractivity contribution in [2.45, 2.75) is 26.7 Å². The highest BCUT2D eigenvalue weighted by Crippen LogP contribution is 2.20. The molecular formula is C12H17N3S2. The number of aryl methyl sites for hydroxylation is 1. The maximum atomic E-state index is 4.47. The van der Waals surface area contributed by atoms with Crippen LogP contribution in [0.4, 0.5) is 0 Å². The number of unbranched alkanes of at least 4 members (excludes halogenated alkanes) is 1. The zero-order valence-corrected chi connectivity index (χ0v) is 11.8. The molecule has 2 rings (SSSR count). The Hall–Kier alpha value is -0.810. The van der Waals surface area contributed by atoms with Crippen LogP contribution in [0.25, 0.3) is 0 Å². The fraction of sp³-hybridized carbons (Fsp3) is 0.500. The summed E-state index contributed by atoms with van der Waals surface area (Å²) in [4.78, 5) is 7.06. The molecule has 17 heavy (non-hydrogen) atoms. The molecule has 5 heteroatoms. The van der Waals surface area contributed by atoms with Gasteiger partial charge in [-0.05, 0) is 25.5 Å². The summed E-state index contributed by atoms with van der Waals surface area (Å²) in [5.41, 5.74) is 4.17. The standard InChI is InChI=1S/C12H17N3S2/c1-3-4-7-13-12-15-14-10(8-16-12)11-6-5-9(2)17-11/h5-6H,3-4,7-8H2,1-2H3,(H,13,15). The van der Waals surface area contributed by atoms with Gasteiger partial charge in [-0.15, -0.1) is 11.3 Å². The Bertz CT molecular complexity index is 435. The van der Waals surface area contributed by atoms with Crippen LogP contribution in [0, 0.1) is 6.92 Å². The third-order valence-corrected chi connectivity index (χ3v) is 4.39. The first-order valence-corrected chi connectivity index (χ1v) is 7.66. The lowest BCUT2D eigenvalue weighted by molar-refractivity contribution is 0.804. The van der Waals surface area contributed by atoms with E-state index in [4.69, 9.17) is 0 Å². The fourth-order valence-corrected chi connectivity index (χ4v) is 3.18. The van der Waals surface area contributed by atoms with E-state index in [-0.39, 0.29) is 0 Å². The number of thioether (sulfide) groups is 1. The predicted octanol–water partition coefficient (Wildman–Crippen LogP) is 3.25. The summed E-state index contributed by atoms with van der Waals surface area (Å²) in [6.07, 6.45) is 2.33. The highest BCUT2D eigenvalue weighted by Gasteiger charge is 2.13. The third kappa shape index (κ3) is 3.57. The lowest BCUT2D eigenvalue weighted by Crippen LogP contribution is -2.25. The molecule has 0 aromatic carbocycles. The van der Waals surface area contributed by atoms with E-state index < -0.39 is 0 Å². The normalized spacial score (nSPS) is 18.0. The maximum absolute atomic E-state index is 4.47. The van der Waals surface area contributed by atoms with Crippen LogP contribution >= 0.6 is 23.1 Å². The zero-order valence-electron chi connectivity index (χ0n) is 10.2. The summed E-state index contributed by atoms with van der Waals surface area (Å²) in [6.45, 7) is 5.20. The molecule has 0 saturated carbocycles. The Morgan fingerprint density at radius 1 is 1.47 bits per heavy atom. The van der Waals surface area contributed by atoms with Crippen molar-refractivity contribution in [3.05, 3.63) is 21.9 Å². The Morgan fingerprint density at radius 2 is 2.35 bits per heavy atom. The van der Waals surface area contributed by atoms with Crippen molar-refractivity contribution in [1.82, 2.24) is 5.43 Å². The number of nitrogens with one attached hydrogen (secondary N) is 1. The molecule has 0 amide bonds. The first kappa shape index (κ1) is 12.6. The number of hydrogen-bond donors (Lipinski definition) is 1. The molecule has 0 fully saturated rings. The van der Waals surface area contributed by atoms with Gasteiger partial charge in [0.25, 0.3) is 0 Å². The Morgan fingerprint density at radius 3 is 2.94 bits per heavy atom. The van der Waals surface area contributed by atoms with Crippen molar-refractivity contribution >= 4 is 34.0 Å². The summed E-state index contributed by atoms with van der Waals surface area (Å²) in [6, 6.07) is 4.28. The molecule has 0 aliphatic carbocycles. The van der Waals surface area contributed by atoms with E-state index in [2.05, 4.69) is 41.5 Å². The second kappa shape index (κ2) is 6.21. The topological polar surface area (TPSA) is 36.8 Å². The Labute approximate surface area is 110 Å². The van der Waals surface area contributed by atoms with Crippen molar-refractivity contribution in [3.63, 3.8) is 0 Å². The summed E-state index contributed by atoms with van der Waals surface area (Å²) in [5, 5.41) is 5.35. The van der Waals surface area contributed by atoms with E-state index in [1.807, 2.05) is 0 Å². The molecule has 3 nitrogen and oxygen atoms in total. The number of amidine groups is 1. The van der Waals surface area contributed by atoms with Gasteiger partial charge in [0.2, 0.25) is 0 Å². The highest BCUT2D eigenvalue weighted by molar-refractivity contribution is 8.14. The number of rotatable bonds is 4. The van der Waals surface area contributed by atoms with Crippen LogP contribution in [0.1, 0.15) is 29.5 Å². The number of thiophene rings is 1. The predicted molar refractivity (Wildman–Crippen MR) is 78.4 cm³/mol. The van der Waals surface area contributed by atoms with Gasteiger partial charge >= 0.3 is 0 Å². The van der Waals surface area contributed by atoms with E-state index in [0.29, 0.717) is 0 Å². The number of hydrazone groups is 1. The number of hydrogen-bond acceptors (Lipinski definition) is 4. The van der Waals surface area contributed by atoms with E-state index in [9.17, 15) is 0 Å².